The Morgan fingerprint density at radius 2 is 1.94 bits per heavy atom. The first-order valence-electron chi connectivity index (χ1n) is 11.9. The van der Waals surface area contributed by atoms with E-state index in [9.17, 15) is 14.7 Å². The van der Waals surface area contributed by atoms with Crippen LogP contribution in [0.2, 0.25) is 5.02 Å². The number of allylic oxidation sites excluding steroid dienone is 3. The maximum atomic E-state index is 13.2. The van der Waals surface area contributed by atoms with Crippen LogP contribution in [0.3, 0.4) is 0 Å². The van der Waals surface area contributed by atoms with Gasteiger partial charge in [-0.3, -0.25) is 9.59 Å². The number of aliphatic carboxylic acids is 1. The van der Waals surface area contributed by atoms with Gasteiger partial charge in [0.1, 0.15) is 6.26 Å². The topological polar surface area (TPSA) is 106 Å². The molecule has 1 amide bonds. The number of carboxylic acids is 1. The fourth-order valence-electron chi connectivity index (χ4n) is 5.88. The number of nitrogens with two attached hydrogens (primary N) is 1. The number of carboxylic acid groups (broad SMARTS) is 1. The Balaban J connectivity index is 1.75. The minimum absolute atomic E-state index is 0.0542. The highest BCUT2D eigenvalue weighted by molar-refractivity contribution is 6.30. The summed E-state index contributed by atoms with van der Waals surface area (Å²) in [6.45, 7) is 2.02. The lowest BCUT2D eigenvalue weighted by atomic mass is 9.61. The number of aromatic nitrogens is 1. The number of hydrogen-bond acceptors (Lipinski definition) is 4. The largest absolute Gasteiger partial charge is 0.481 e. The Bertz CT molecular complexity index is 1100. The van der Waals surface area contributed by atoms with Crippen LogP contribution in [-0.4, -0.2) is 22.0 Å². The predicted octanol–water partition coefficient (Wildman–Crippen LogP) is 5.83. The molecule has 3 N–H and O–H groups in total. The van der Waals surface area contributed by atoms with Gasteiger partial charge in [0.15, 0.2) is 5.89 Å². The van der Waals surface area contributed by atoms with Gasteiger partial charge in [-0.2, -0.15) is 0 Å². The fourth-order valence-corrected chi connectivity index (χ4v) is 6.00. The van der Waals surface area contributed by atoms with Crippen LogP contribution >= 0.6 is 11.6 Å². The van der Waals surface area contributed by atoms with Crippen molar-refractivity contribution < 1.29 is 19.1 Å². The van der Waals surface area contributed by atoms with Crippen molar-refractivity contribution in [2.24, 2.45) is 17.1 Å². The van der Waals surface area contributed by atoms with Crippen LogP contribution in [0.25, 0.3) is 0 Å². The number of nitrogens with zero attached hydrogens (tertiary/aromatic N) is 1. The number of carbonyl (C=O) groups excluding carboxylic acids is 1. The van der Waals surface area contributed by atoms with Crippen molar-refractivity contribution in [3.63, 3.8) is 0 Å². The van der Waals surface area contributed by atoms with Crippen molar-refractivity contribution in [3.05, 3.63) is 76.0 Å². The molecule has 2 aromatic rings. The average molecular weight is 483 g/mol. The third kappa shape index (κ3) is 4.83. The van der Waals surface area contributed by atoms with Crippen molar-refractivity contribution in [2.75, 3.05) is 0 Å². The summed E-state index contributed by atoms with van der Waals surface area (Å²) in [5, 5.41) is 9.92. The standard InChI is InChI=1S/C27H31ClN2O4/c1-17-19(7-10-23(31)32)12-14-27(26(29)33,13-11-18-5-8-20(28)9-6-18)24(17)21-3-2-4-22(21)25-30-15-16-34-25/h5-6,8-9,12,15-16,21-22H,2-4,7,10-11,13-14H2,1H3,(H2,29,33)(H,31,32). The maximum Gasteiger partial charge on any atom is 0.303 e. The second-order valence-electron chi connectivity index (χ2n) is 9.45. The molecule has 1 aromatic heterocycles. The molecule has 0 bridgehead atoms. The number of aryl methyl sites for hydroxylation is 1. The fraction of sp³-hybridized carbons (Fsp3) is 0.444. The first-order chi connectivity index (χ1) is 16.3. The lowest BCUT2D eigenvalue weighted by Crippen LogP contribution is -2.43. The number of primary amides is 1. The number of hydrogen-bond donors (Lipinski definition) is 2. The first kappa shape index (κ1) is 24.3. The molecule has 2 aliphatic carbocycles. The third-order valence-electron chi connectivity index (χ3n) is 7.59. The average Bonchev–Trinajstić information content (AvgIpc) is 3.49. The van der Waals surface area contributed by atoms with E-state index in [0.717, 1.165) is 41.5 Å². The molecule has 7 heteroatoms. The van der Waals surface area contributed by atoms with Crippen LogP contribution in [0.4, 0.5) is 0 Å². The van der Waals surface area contributed by atoms with E-state index in [0.29, 0.717) is 36.6 Å². The summed E-state index contributed by atoms with van der Waals surface area (Å²) in [6, 6.07) is 7.68. The maximum absolute atomic E-state index is 13.2. The number of carbonyl (C=O) groups is 2. The molecule has 3 atom stereocenters. The van der Waals surface area contributed by atoms with Gasteiger partial charge in [-0.15, -0.1) is 0 Å². The van der Waals surface area contributed by atoms with Crippen molar-refractivity contribution in [3.8, 4) is 0 Å². The van der Waals surface area contributed by atoms with E-state index in [-0.39, 0.29) is 24.2 Å². The SMILES string of the molecule is CC1=C(C2CCCC2c2ncco2)C(CCc2ccc(Cl)cc2)(C(N)=O)CC=C1CCC(=O)O. The minimum atomic E-state index is -0.837. The Kier molecular flexibility index (Phi) is 7.27. The number of oxazole rings is 1. The van der Waals surface area contributed by atoms with Gasteiger partial charge >= 0.3 is 5.97 Å². The van der Waals surface area contributed by atoms with Crippen molar-refractivity contribution in [2.45, 2.75) is 64.2 Å². The van der Waals surface area contributed by atoms with Crippen LogP contribution in [0.5, 0.6) is 0 Å². The highest BCUT2D eigenvalue weighted by Gasteiger charge is 2.49. The lowest BCUT2D eigenvalue weighted by Gasteiger charge is -2.42. The minimum Gasteiger partial charge on any atom is -0.481 e. The summed E-state index contributed by atoms with van der Waals surface area (Å²) in [7, 11) is 0. The Morgan fingerprint density at radius 3 is 2.59 bits per heavy atom. The van der Waals surface area contributed by atoms with Crippen LogP contribution in [0.1, 0.15) is 69.2 Å². The quantitative estimate of drug-likeness (QED) is 0.467. The summed E-state index contributed by atoms with van der Waals surface area (Å²) in [6.07, 6.45) is 10.4. The molecule has 1 fully saturated rings. The molecule has 180 valence electrons. The monoisotopic (exact) mass is 482 g/mol. The number of rotatable bonds is 9. The van der Waals surface area contributed by atoms with Crippen LogP contribution in [0.15, 0.2) is 63.9 Å². The number of benzene rings is 1. The van der Waals surface area contributed by atoms with Crippen LogP contribution in [0, 0.1) is 11.3 Å². The second kappa shape index (κ2) is 10.2. The zero-order chi connectivity index (χ0) is 24.3. The predicted molar refractivity (Wildman–Crippen MR) is 130 cm³/mol. The first-order valence-corrected chi connectivity index (χ1v) is 12.3. The van der Waals surface area contributed by atoms with Gasteiger partial charge in [-0.05, 0) is 85.8 Å². The summed E-state index contributed by atoms with van der Waals surface area (Å²) in [5.41, 5.74) is 9.50. The number of amides is 1. The van der Waals surface area contributed by atoms with Crippen LogP contribution < -0.4 is 5.73 Å². The summed E-state index contributed by atoms with van der Waals surface area (Å²) < 4.78 is 5.69. The molecule has 0 radical (unpaired) electrons. The lowest BCUT2D eigenvalue weighted by molar-refractivity contribution is -0.137. The third-order valence-corrected chi connectivity index (χ3v) is 7.84. The van der Waals surface area contributed by atoms with Gasteiger partial charge in [-0.25, -0.2) is 4.98 Å². The molecule has 2 aliphatic rings. The molecule has 6 nitrogen and oxygen atoms in total. The summed E-state index contributed by atoms with van der Waals surface area (Å²) in [5.74, 6) is -0.316. The Labute approximate surface area is 204 Å². The number of halogens is 1. The zero-order valence-corrected chi connectivity index (χ0v) is 20.2. The van der Waals surface area contributed by atoms with E-state index in [1.165, 1.54) is 0 Å². The van der Waals surface area contributed by atoms with E-state index in [2.05, 4.69) is 4.98 Å². The summed E-state index contributed by atoms with van der Waals surface area (Å²) in [4.78, 5) is 28.9. The van der Waals surface area contributed by atoms with E-state index in [1.807, 2.05) is 37.3 Å². The molecule has 1 aromatic carbocycles. The Hall–Kier alpha value is -2.86. The molecule has 1 heterocycles. The van der Waals surface area contributed by atoms with Gasteiger partial charge in [-0.1, -0.05) is 36.2 Å². The molecular weight excluding hydrogens is 452 g/mol. The van der Waals surface area contributed by atoms with Gasteiger partial charge in [0.05, 0.1) is 11.6 Å². The molecule has 3 unspecified atom stereocenters. The highest BCUT2D eigenvalue weighted by atomic mass is 35.5. The summed E-state index contributed by atoms with van der Waals surface area (Å²) >= 11 is 6.05. The zero-order valence-electron chi connectivity index (χ0n) is 19.4. The second-order valence-corrected chi connectivity index (χ2v) is 9.89. The normalized spacial score (nSPS) is 24.8. The van der Waals surface area contributed by atoms with Crippen LogP contribution in [-0.2, 0) is 16.0 Å². The van der Waals surface area contributed by atoms with E-state index < -0.39 is 11.4 Å². The van der Waals surface area contributed by atoms with E-state index in [4.69, 9.17) is 21.8 Å². The molecule has 34 heavy (non-hydrogen) atoms. The molecule has 1 saturated carbocycles. The van der Waals surface area contributed by atoms with E-state index in [1.54, 1.807) is 12.5 Å². The van der Waals surface area contributed by atoms with Gasteiger partial charge in [0.2, 0.25) is 5.91 Å². The van der Waals surface area contributed by atoms with Gasteiger partial charge < -0.3 is 15.3 Å². The van der Waals surface area contributed by atoms with Crippen molar-refractivity contribution in [1.82, 2.24) is 4.98 Å². The van der Waals surface area contributed by atoms with Crippen molar-refractivity contribution >= 4 is 23.5 Å². The van der Waals surface area contributed by atoms with Gasteiger partial charge in [0, 0.05) is 17.4 Å². The van der Waals surface area contributed by atoms with Crippen molar-refractivity contribution in [1.29, 1.82) is 0 Å². The highest BCUT2D eigenvalue weighted by Crippen LogP contribution is 2.55. The van der Waals surface area contributed by atoms with E-state index >= 15 is 0 Å². The smallest absolute Gasteiger partial charge is 0.303 e. The molecule has 0 saturated heterocycles. The molecular formula is C27H31ClN2O4. The molecule has 4 rings (SSSR count). The Morgan fingerprint density at radius 1 is 1.21 bits per heavy atom. The molecule has 0 spiro atoms. The molecule has 0 aliphatic heterocycles. The van der Waals surface area contributed by atoms with Gasteiger partial charge in [0.25, 0.3) is 0 Å².